The number of nitrogens with one attached hydrogen (secondary N) is 1. The molecule has 0 aromatic heterocycles. The highest BCUT2D eigenvalue weighted by Crippen LogP contribution is 2.29. The van der Waals surface area contributed by atoms with Crippen molar-refractivity contribution in [2.45, 2.75) is 20.0 Å². The topological polar surface area (TPSA) is 80.6 Å². The Balaban J connectivity index is 2.21. The van der Waals surface area contributed by atoms with Crippen LogP contribution in [0.25, 0.3) is 6.08 Å². The van der Waals surface area contributed by atoms with E-state index in [1.807, 2.05) is 19.9 Å². The maximum absolute atomic E-state index is 12.4. The molecule has 0 aliphatic carbocycles. The van der Waals surface area contributed by atoms with E-state index >= 15 is 0 Å². The van der Waals surface area contributed by atoms with Crippen LogP contribution in [0.1, 0.15) is 19.4 Å². The molecule has 1 N–H and O–H groups in total. The lowest BCUT2D eigenvalue weighted by Gasteiger charge is -2.14. The van der Waals surface area contributed by atoms with Gasteiger partial charge in [0.25, 0.3) is 5.91 Å². The molecule has 0 radical (unpaired) electrons. The van der Waals surface area contributed by atoms with E-state index in [1.165, 1.54) is 13.2 Å². The van der Waals surface area contributed by atoms with Gasteiger partial charge in [0.15, 0.2) is 11.5 Å². The second-order valence-corrected chi connectivity index (χ2v) is 5.93. The Kier molecular flexibility index (Phi) is 6.84. The minimum atomic E-state index is -0.496. The number of rotatable bonds is 7. The zero-order valence-corrected chi connectivity index (χ0v) is 15.8. The zero-order valence-electron chi connectivity index (χ0n) is 15.8. The lowest BCUT2D eigenvalue weighted by molar-refractivity contribution is -0.112. The summed E-state index contributed by atoms with van der Waals surface area (Å²) in [7, 11) is 3.10. The number of benzene rings is 2. The first-order valence-electron chi connectivity index (χ1n) is 8.38. The minimum absolute atomic E-state index is 0.00485. The molecule has 0 saturated carbocycles. The van der Waals surface area contributed by atoms with Crippen LogP contribution < -0.4 is 19.5 Å². The lowest BCUT2D eigenvalue weighted by Crippen LogP contribution is -2.13. The fourth-order valence-electron chi connectivity index (χ4n) is 2.31. The largest absolute Gasteiger partial charge is 0.497 e. The highest BCUT2D eigenvalue weighted by Gasteiger charge is 2.12. The number of nitriles is 1. The lowest BCUT2D eigenvalue weighted by atomic mass is 10.1. The maximum Gasteiger partial charge on any atom is 0.266 e. The molecule has 0 fully saturated rings. The third-order valence-electron chi connectivity index (χ3n) is 3.57. The van der Waals surface area contributed by atoms with E-state index in [0.29, 0.717) is 28.5 Å². The van der Waals surface area contributed by atoms with Crippen LogP contribution in [0.4, 0.5) is 5.69 Å². The Bertz CT molecular complexity index is 865. The monoisotopic (exact) mass is 366 g/mol. The number of amides is 1. The molecule has 0 aliphatic rings. The van der Waals surface area contributed by atoms with Crippen molar-refractivity contribution in [3.63, 3.8) is 0 Å². The molecule has 0 heterocycles. The summed E-state index contributed by atoms with van der Waals surface area (Å²) in [5.74, 6) is 1.32. The molecule has 0 saturated heterocycles. The van der Waals surface area contributed by atoms with Crippen molar-refractivity contribution in [2.24, 2.45) is 0 Å². The summed E-state index contributed by atoms with van der Waals surface area (Å²) >= 11 is 0. The molecule has 0 spiro atoms. The number of ether oxygens (including phenoxy) is 3. The van der Waals surface area contributed by atoms with Crippen LogP contribution in [0, 0.1) is 11.3 Å². The molecule has 140 valence electrons. The van der Waals surface area contributed by atoms with E-state index in [9.17, 15) is 10.1 Å². The number of hydrogen-bond donors (Lipinski definition) is 1. The van der Waals surface area contributed by atoms with Crippen molar-refractivity contribution in [1.82, 2.24) is 0 Å². The number of methoxy groups -OCH3 is 2. The number of carbonyl (C=O) groups excluding carboxylic acids is 1. The molecule has 0 unspecified atom stereocenters. The zero-order chi connectivity index (χ0) is 19.8. The van der Waals surface area contributed by atoms with Crippen LogP contribution >= 0.6 is 0 Å². The summed E-state index contributed by atoms with van der Waals surface area (Å²) in [6.07, 6.45) is 1.51. The van der Waals surface area contributed by atoms with Crippen LogP contribution in [0.15, 0.2) is 48.0 Å². The molecule has 2 aromatic carbocycles. The van der Waals surface area contributed by atoms with Gasteiger partial charge in [-0.1, -0.05) is 6.07 Å². The smallest absolute Gasteiger partial charge is 0.266 e. The molecule has 0 aliphatic heterocycles. The van der Waals surface area contributed by atoms with Gasteiger partial charge in [-0.15, -0.1) is 0 Å². The molecule has 0 bridgehead atoms. The standard InChI is InChI=1S/C21H22N2O4/c1-14(2)27-19-10-5-15(12-20(19)26-4)11-16(13-22)21(24)23-17-6-8-18(25-3)9-7-17/h5-12,14H,1-4H3,(H,23,24)/b16-11-. The minimum Gasteiger partial charge on any atom is -0.497 e. The molecule has 0 atom stereocenters. The number of anilines is 1. The molecule has 27 heavy (non-hydrogen) atoms. The summed E-state index contributed by atoms with van der Waals surface area (Å²) in [6.45, 7) is 3.84. The first-order chi connectivity index (χ1) is 13.0. The highest BCUT2D eigenvalue weighted by atomic mass is 16.5. The molecule has 6 nitrogen and oxygen atoms in total. The van der Waals surface area contributed by atoms with Crippen molar-refractivity contribution >= 4 is 17.7 Å². The second kappa shape index (κ2) is 9.30. The summed E-state index contributed by atoms with van der Waals surface area (Å²) < 4.78 is 16.1. The second-order valence-electron chi connectivity index (χ2n) is 5.93. The molecule has 2 rings (SSSR count). The summed E-state index contributed by atoms with van der Waals surface area (Å²) in [6, 6.07) is 14.0. The number of nitrogens with zero attached hydrogens (tertiary/aromatic N) is 1. The summed E-state index contributed by atoms with van der Waals surface area (Å²) in [5.41, 5.74) is 1.20. The van der Waals surface area contributed by atoms with E-state index in [2.05, 4.69) is 5.32 Å². The third kappa shape index (κ3) is 5.51. The predicted molar refractivity (Wildman–Crippen MR) is 104 cm³/mol. The highest BCUT2D eigenvalue weighted by molar-refractivity contribution is 6.09. The van der Waals surface area contributed by atoms with Crippen molar-refractivity contribution in [3.8, 4) is 23.3 Å². The van der Waals surface area contributed by atoms with Crippen LogP contribution in [0.3, 0.4) is 0 Å². The van der Waals surface area contributed by atoms with Crippen molar-refractivity contribution < 1.29 is 19.0 Å². The van der Waals surface area contributed by atoms with Gasteiger partial charge in [-0.05, 0) is 61.9 Å². The molecular weight excluding hydrogens is 344 g/mol. The average molecular weight is 366 g/mol. The van der Waals surface area contributed by atoms with Gasteiger partial charge in [-0.2, -0.15) is 5.26 Å². The van der Waals surface area contributed by atoms with Gasteiger partial charge in [0, 0.05) is 5.69 Å². The molecular formula is C21H22N2O4. The van der Waals surface area contributed by atoms with E-state index in [1.54, 1.807) is 49.6 Å². The summed E-state index contributed by atoms with van der Waals surface area (Å²) in [5, 5.41) is 12.1. The van der Waals surface area contributed by atoms with Gasteiger partial charge < -0.3 is 19.5 Å². The molecule has 1 amide bonds. The Hall–Kier alpha value is -3.46. The molecule has 6 heteroatoms. The van der Waals surface area contributed by atoms with Gasteiger partial charge in [0.2, 0.25) is 0 Å². The van der Waals surface area contributed by atoms with Crippen LogP contribution in [-0.4, -0.2) is 26.2 Å². The fraction of sp³-hybridized carbons (Fsp3) is 0.238. The Morgan fingerprint density at radius 1 is 1.07 bits per heavy atom. The van der Waals surface area contributed by atoms with Crippen LogP contribution in [0.2, 0.25) is 0 Å². The van der Waals surface area contributed by atoms with E-state index in [0.717, 1.165) is 0 Å². The van der Waals surface area contributed by atoms with Gasteiger partial charge in [-0.25, -0.2) is 0 Å². The summed E-state index contributed by atoms with van der Waals surface area (Å²) in [4.78, 5) is 12.4. The van der Waals surface area contributed by atoms with Crippen LogP contribution in [0.5, 0.6) is 17.2 Å². The number of carbonyl (C=O) groups is 1. The Labute approximate surface area is 159 Å². The van der Waals surface area contributed by atoms with Gasteiger partial charge in [-0.3, -0.25) is 4.79 Å². The van der Waals surface area contributed by atoms with E-state index < -0.39 is 5.91 Å². The SMILES string of the molecule is COc1ccc(NC(=O)/C(C#N)=C\c2ccc(OC(C)C)c(OC)c2)cc1. The van der Waals surface area contributed by atoms with Gasteiger partial charge >= 0.3 is 0 Å². The predicted octanol–water partition coefficient (Wildman–Crippen LogP) is 4.04. The van der Waals surface area contributed by atoms with Crippen LogP contribution in [-0.2, 0) is 4.79 Å². The fourth-order valence-corrected chi connectivity index (χ4v) is 2.31. The van der Waals surface area contributed by atoms with Crippen molar-refractivity contribution in [1.29, 1.82) is 5.26 Å². The van der Waals surface area contributed by atoms with Gasteiger partial charge in [0.05, 0.1) is 20.3 Å². The molecule has 2 aromatic rings. The number of hydrogen-bond acceptors (Lipinski definition) is 5. The first kappa shape index (κ1) is 19.9. The average Bonchev–Trinajstić information content (AvgIpc) is 2.67. The Morgan fingerprint density at radius 3 is 2.33 bits per heavy atom. The maximum atomic E-state index is 12.4. The van der Waals surface area contributed by atoms with Gasteiger partial charge in [0.1, 0.15) is 17.4 Å². The quantitative estimate of drug-likeness (QED) is 0.591. The first-order valence-corrected chi connectivity index (χ1v) is 8.38. The van der Waals surface area contributed by atoms with Crippen molar-refractivity contribution in [2.75, 3.05) is 19.5 Å². The van der Waals surface area contributed by atoms with E-state index in [-0.39, 0.29) is 11.7 Å². The normalized spacial score (nSPS) is 10.9. The Morgan fingerprint density at radius 2 is 1.78 bits per heavy atom. The van der Waals surface area contributed by atoms with Crippen molar-refractivity contribution in [3.05, 3.63) is 53.6 Å². The third-order valence-corrected chi connectivity index (χ3v) is 3.57. The van der Waals surface area contributed by atoms with E-state index in [4.69, 9.17) is 14.2 Å².